The number of aliphatic hydroxyl groups is 1. The monoisotopic (exact) mass is 192 g/mol. The quantitative estimate of drug-likeness (QED) is 0.737. The van der Waals surface area contributed by atoms with Crippen LogP contribution in [-0.4, -0.2) is 15.1 Å². The second-order valence-corrected chi connectivity index (χ2v) is 4.28. The fraction of sp³-hybridized carbons (Fsp3) is 0.636. The highest BCUT2D eigenvalue weighted by Crippen LogP contribution is 2.36. The van der Waals surface area contributed by atoms with E-state index in [1.54, 1.807) is 12.4 Å². The van der Waals surface area contributed by atoms with E-state index in [9.17, 15) is 5.11 Å². The Morgan fingerprint density at radius 1 is 1.36 bits per heavy atom. The van der Waals surface area contributed by atoms with Gasteiger partial charge in [0.05, 0.1) is 11.4 Å². The summed E-state index contributed by atoms with van der Waals surface area (Å²) in [6, 6.07) is 0. The molecule has 2 rings (SSSR count). The van der Waals surface area contributed by atoms with E-state index in [1.165, 1.54) is 0 Å². The number of hydrogen-bond donors (Lipinski definition) is 1. The molecule has 3 nitrogen and oxygen atoms in total. The lowest BCUT2D eigenvalue weighted by atomic mass is 9.80. The van der Waals surface area contributed by atoms with E-state index in [0.29, 0.717) is 11.8 Å². The van der Waals surface area contributed by atoms with Crippen LogP contribution in [0.4, 0.5) is 0 Å². The molecule has 3 heteroatoms. The molecular formula is C11H16N2O. The van der Waals surface area contributed by atoms with Gasteiger partial charge in [-0.3, -0.25) is 9.97 Å². The maximum atomic E-state index is 10.1. The molecule has 0 aromatic carbocycles. The maximum Gasteiger partial charge on any atom is 0.101 e. The minimum Gasteiger partial charge on any atom is -0.386 e. The average Bonchev–Trinajstić information content (AvgIpc) is 2.18. The van der Waals surface area contributed by atoms with E-state index < -0.39 is 6.10 Å². The van der Waals surface area contributed by atoms with Gasteiger partial charge in [0, 0.05) is 12.4 Å². The van der Waals surface area contributed by atoms with Crippen molar-refractivity contribution in [3.63, 3.8) is 0 Å². The van der Waals surface area contributed by atoms with Gasteiger partial charge in [-0.15, -0.1) is 0 Å². The zero-order valence-corrected chi connectivity index (χ0v) is 8.64. The van der Waals surface area contributed by atoms with E-state index in [-0.39, 0.29) is 0 Å². The van der Waals surface area contributed by atoms with Crippen LogP contribution < -0.4 is 0 Å². The largest absolute Gasteiger partial charge is 0.386 e. The van der Waals surface area contributed by atoms with E-state index >= 15 is 0 Å². The van der Waals surface area contributed by atoms with Crippen LogP contribution in [0.5, 0.6) is 0 Å². The molecule has 1 aromatic rings. The van der Waals surface area contributed by atoms with Crippen LogP contribution in [-0.2, 0) is 6.42 Å². The first-order chi connectivity index (χ1) is 6.70. The predicted molar refractivity (Wildman–Crippen MR) is 53.6 cm³/mol. The first-order valence-electron chi connectivity index (χ1n) is 5.18. The molecule has 1 N–H and O–H groups in total. The van der Waals surface area contributed by atoms with Crippen molar-refractivity contribution in [2.75, 3.05) is 0 Å². The Labute approximate surface area is 84.2 Å². The van der Waals surface area contributed by atoms with Crippen molar-refractivity contribution >= 4 is 0 Å². The number of fused-ring (bicyclic) bond motifs is 1. The number of aliphatic hydroxyl groups excluding tert-OH is 1. The van der Waals surface area contributed by atoms with Gasteiger partial charge in [-0.25, -0.2) is 0 Å². The zero-order valence-electron chi connectivity index (χ0n) is 8.64. The van der Waals surface area contributed by atoms with Gasteiger partial charge in [-0.1, -0.05) is 13.8 Å². The molecule has 0 bridgehead atoms. The van der Waals surface area contributed by atoms with Crippen molar-refractivity contribution < 1.29 is 5.11 Å². The maximum absolute atomic E-state index is 10.1. The van der Waals surface area contributed by atoms with E-state index in [2.05, 4.69) is 23.8 Å². The lowest BCUT2D eigenvalue weighted by Gasteiger charge is -2.30. The van der Waals surface area contributed by atoms with Crippen molar-refractivity contribution in [3.05, 3.63) is 23.8 Å². The molecule has 0 radical (unpaired) electrons. The standard InChI is InChI=1S/C11H16N2O/c1-7(2)8-3-4-9-10(11(8)14)13-6-5-12-9/h5-8,11,14H,3-4H2,1-2H3. The van der Waals surface area contributed by atoms with Gasteiger partial charge in [0.1, 0.15) is 6.10 Å². The van der Waals surface area contributed by atoms with Crippen LogP contribution in [0.15, 0.2) is 12.4 Å². The first kappa shape index (κ1) is 9.59. The Hall–Kier alpha value is -0.960. The van der Waals surface area contributed by atoms with Crippen molar-refractivity contribution in [2.45, 2.75) is 32.8 Å². The molecule has 0 fully saturated rings. The Balaban J connectivity index is 2.31. The molecule has 1 heterocycles. The fourth-order valence-corrected chi connectivity index (χ4v) is 2.18. The Morgan fingerprint density at radius 3 is 2.79 bits per heavy atom. The average molecular weight is 192 g/mol. The van der Waals surface area contributed by atoms with Crippen LogP contribution in [0.1, 0.15) is 37.8 Å². The normalized spacial score (nSPS) is 26.3. The van der Waals surface area contributed by atoms with Gasteiger partial charge in [0.15, 0.2) is 0 Å². The van der Waals surface area contributed by atoms with Gasteiger partial charge < -0.3 is 5.11 Å². The SMILES string of the molecule is CC(C)C1CCc2nccnc2C1O. The molecule has 1 aliphatic carbocycles. The minimum absolute atomic E-state index is 0.333. The third kappa shape index (κ3) is 1.52. The first-order valence-corrected chi connectivity index (χ1v) is 5.18. The number of hydrogen-bond acceptors (Lipinski definition) is 3. The summed E-state index contributed by atoms with van der Waals surface area (Å²) in [4.78, 5) is 8.46. The molecular weight excluding hydrogens is 176 g/mol. The van der Waals surface area contributed by atoms with Gasteiger partial charge in [-0.2, -0.15) is 0 Å². The van der Waals surface area contributed by atoms with E-state index in [4.69, 9.17) is 0 Å². The second kappa shape index (κ2) is 3.65. The van der Waals surface area contributed by atoms with Crippen LogP contribution in [0, 0.1) is 11.8 Å². The zero-order chi connectivity index (χ0) is 10.1. The third-order valence-corrected chi connectivity index (χ3v) is 3.06. The molecule has 76 valence electrons. The summed E-state index contributed by atoms with van der Waals surface area (Å²) in [7, 11) is 0. The van der Waals surface area contributed by atoms with Gasteiger partial charge in [0.2, 0.25) is 0 Å². The number of aromatic nitrogens is 2. The number of nitrogens with zero attached hydrogens (tertiary/aromatic N) is 2. The molecule has 1 aliphatic rings. The summed E-state index contributed by atoms with van der Waals surface area (Å²) < 4.78 is 0. The Bertz CT molecular complexity index is 325. The summed E-state index contributed by atoms with van der Waals surface area (Å²) in [5, 5.41) is 10.1. The number of rotatable bonds is 1. The molecule has 1 aromatic heterocycles. The highest BCUT2D eigenvalue weighted by atomic mass is 16.3. The summed E-state index contributed by atoms with van der Waals surface area (Å²) >= 11 is 0. The Kier molecular flexibility index (Phi) is 2.50. The van der Waals surface area contributed by atoms with Crippen LogP contribution in [0.2, 0.25) is 0 Å². The van der Waals surface area contributed by atoms with Gasteiger partial charge >= 0.3 is 0 Å². The predicted octanol–water partition coefficient (Wildman–Crippen LogP) is 1.73. The molecule has 0 spiro atoms. The van der Waals surface area contributed by atoms with Crippen LogP contribution in [0.3, 0.4) is 0 Å². The summed E-state index contributed by atoms with van der Waals surface area (Å²) in [6.45, 7) is 4.30. The number of aryl methyl sites for hydroxylation is 1. The smallest absolute Gasteiger partial charge is 0.101 e. The summed E-state index contributed by atoms with van der Waals surface area (Å²) in [6.07, 6.45) is 4.90. The molecule has 2 atom stereocenters. The highest BCUT2D eigenvalue weighted by Gasteiger charge is 2.31. The molecule has 0 amide bonds. The van der Waals surface area contributed by atoms with Gasteiger partial charge in [0.25, 0.3) is 0 Å². The van der Waals surface area contributed by atoms with E-state index in [0.717, 1.165) is 24.2 Å². The minimum atomic E-state index is -0.424. The second-order valence-electron chi connectivity index (χ2n) is 4.28. The highest BCUT2D eigenvalue weighted by molar-refractivity contribution is 5.18. The van der Waals surface area contributed by atoms with Gasteiger partial charge in [-0.05, 0) is 24.7 Å². The van der Waals surface area contributed by atoms with Crippen molar-refractivity contribution in [2.24, 2.45) is 11.8 Å². The molecule has 2 unspecified atom stereocenters. The van der Waals surface area contributed by atoms with Crippen molar-refractivity contribution in [3.8, 4) is 0 Å². The van der Waals surface area contributed by atoms with E-state index in [1.807, 2.05) is 0 Å². The molecule has 14 heavy (non-hydrogen) atoms. The van der Waals surface area contributed by atoms with Crippen molar-refractivity contribution in [1.29, 1.82) is 0 Å². The summed E-state index contributed by atoms with van der Waals surface area (Å²) in [5.41, 5.74) is 1.76. The van der Waals surface area contributed by atoms with Crippen molar-refractivity contribution in [1.82, 2.24) is 9.97 Å². The fourth-order valence-electron chi connectivity index (χ4n) is 2.18. The third-order valence-electron chi connectivity index (χ3n) is 3.06. The van der Waals surface area contributed by atoms with Crippen LogP contribution in [0.25, 0.3) is 0 Å². The molecule has 0 saturated carbocycles. The lowest BCUT2D eigenvalue weighted by Crippen LogP contribution is -2.26. The topological polar surface area (TPSA) is 46.0 Å². The lowest BCUT2D eigenvalue weighted by molar-refractivity contribution is 0.0619. The van der Waals surface area contributed by atoms with Crippen LogP contribution >= 0.6 is 0 Å². The summed E-state index contributed by atoms with van der Waals surface area (Å²) in [5.74, 6) is 0.833. The molecule has 0 saturated heterocycles. The Morgan fingerprint density at radius 2 is 2.07 bits per heavy atom. The molecule has 0 aliphatic heterocycles.